The maximum Gasteiger partial charge on any atom is 0.165 e. The van der Waals surface area contributed by atoms with Crippen molar-refractivity contribution in [3.63, 3.8) is 0 Å². The Labute approximate surface area is 201 Å². The van der Waals surface area contributed by atoms with Gasteiger partial charge in [0.05, 0.1) is 15.9 Å². The van der Waals surface area contributed by atoms with Gasteiger partial charge in [0.25, 0.3) is 0 Å². The number of ether oxygens (including phenoxy) is 3. The van der Waals surface area contributed by atoms with E-state index < -0.39 is 12.0 Å². The van der Waals surface area contributed by atoms with Gasteiger partial charge in [0.1, 0.15) is 36.1 Å². The molecule has 34 heavy (non-hydrogen) atoms. The molecule has 2 saturated heterocycles. The van der Waals surface area contributed by atoms with Gasteiger partial charge in [-0.05, 0) is 50.1 Å². The van der Waals surface area contributed by atoms with Gasteiger partial charge < -0.3 is 24.5 Å². The fourth-order valence-electron chi connectivity index (χ4n) is 4.91. The van der Waals surface area contributed by atoms with Gasteiger partial charge >= 0.3 is 0 Å². The van der Waals surface area contributed by atoms with E-state index in [0.717, 1.165) is 27.4 Å². The average Bonchev–Trinajstić information content (AvgIpc) is 3.45. The van der Waals surface area contributed by atoms with Crippen LogP contribution in [0.25, 0.3) is 28.0 Å². The molecule has 3 aromatic heterocycles. The summed E-state index contributed by atoms with van der Waals surface area (Å²) in [7, 11) is 0. The molecular weight excluding hydrogens is 454 g/mol. The summed E-state index contributed by atoms with van der Waals surface area (Å²) in [6, 6.07) is 9.90. The van der Waals surface area contributed by atoms with Gasteiger partial charge in [-0.15, -0.1) is 0 Å². The van der Waals surface area contributed by atoms with Gasteiger partial charge in [0, 0.05) is 17.8 Å². The Hall–Kier alpha value is -3.04. The van der Waals surface area contributed by atoms with Gasteiger partial charge in [-0.25, -0.2) is 9.97 Å². The second-order valence-electron chi connectivity index (χ2n) is 9.23. The second kappa shape index (κ2) is 7.74. The lowest BCUT2D eigenvalue weighted by Gasteiger charge is -2.25. The van der Waals surface area contributed by atoms with Crippen LogP contribution in [0.1, 0.15) is 32.6 Å². The highest BCUT2D eigenvalue weighted by molar-refractivity contribution is 6.31. The van der Waals surface area contributed by atoms with Gasteiger partial charge in [-0.3, -0.25) is 4.98 Å². The zero-order valence-corrected chi connectivity index (χ0v) is 19.7. The predicted octanol–water partition coefficient (Wildman–Crippen LogP) is 4.74. The first-order valence-electron chi connectivity index (χ1n) is 11.1. The van der Waals surface area contributed by atoms with Crippen LogP contribution in [0.5, 0.6) is 0 Å². The minimum Gasteiger partial charge on any atom is -0.383 e. The van der Waals surface area contributed by atoms with Crippen LogP contribution in [0, 0.1) is 0 Å². The van der Waals surface area contributed by atoms with Crippen LogP contribution >= 0.6 is 11.6 Å². The normalized spacial score (nSPS) is 26.4. The van der Waals surface area contributed by atoms with Crippen molar-refractivity contribution in [2.24, 2.45) is 0 Å². The third-order valence-corrected chi connectivity index (χ3v) is 6.57. The van der Waals surface area contributed by atoms with Gasteiger partial charge in [0.15, 0.2) is 12.0 Å². The highest BCUT2D eigenvalue weighted by atomic mass is 35.5. The van der Waals surface area contributed by atoms with Crippen LogP contribution < -0.4 is 5.73 Å². The lowest BCUT2D eigenvalue weighted by atomic mass is 10.0. The van der Waals surface area contributed by atoms with Crippen LogP contribution in [-0.4, -0.2) is 43.6 Å². The first kappa shape index (κ1) is 21.5. The van der Waals surface area contributed by atoms with E-state index in [2.05, 4.69) is 21.0 Å². The van der Waals surface area contributed by atoms with E-state index in [-0.39, 0.29) is 18.3 Å². The zero-order valence-electron chi connectivity index (χ0n) is 19.0. The van der Waals surface area contributed by atoms with Crippen molar-refractivity contribution >= 4 is 45.4 Å². The molecule has 2 fully saturated rings. The van der Waals surface area contributed by atoms with Crippen molar-refractivity contribution in [3.8, 4) is 0 Å². The molecule has 0 bridgehead atoms. The summed E-state index contributed by atoms with van der Waals surface area (Å²) in [5.74, 6) is -0.292. The number of benzene rings is 1. The van der Waals surface area contributed by atoms with E-state index in [1.54, 1.807) is 6.20 Å². The first-order valence-corrected chi connectivity index (χ1v) is 11.5. The van der Waals surface area contributed by atoms with Crippen molar-refractivity contribution in [3.05, 3.63) is 65.2 Å². The first-order chi connectivity index (χ1) is 16.3. The minimum atomic E-state index is -0.723. The monoisotopic (exact) mass is 477 g/mol. The van der Waals surface area contributed by atoms with Crippen LogP contribution in [0.15, 0.2) is 54.6 Å². The van der Waals surface area contributed by atoms with Crippen molar-refractivity contribution in [2.75, 3.05) is 5.73 Å². The molecule has 2 aliphatic rings. The highest BCUT2D eigenvalue weighted by Gasteiger charge is 2.56. The van der Waals surface area contributed by atoms with E-state index in [0.29, 0.717) is 16.5 Å². The molecule has 0 unspecified atom stereocenters. The van der Waals surface area contributed by atoms with E-state index in [1.165, 1.54) is 6.33 Å². The minimum absolute atomic E-state index is 0.273. The lowest BCUT2D eigenvalue weighted by Crippen LogP contribution is -2.30. The fourth-order valence-corrected chi connectivity index (χ4v) is 5.08. The summed E-state index contributed by atoms with van der Waals surface area (Å²) >= 11 is 6.07. The van der Waals surface area contributed by atoms with E-state index >= 15 is 0 Å². The van der Waals surface area contributed by atoms with Crippen LogP contribution in [-0.2, 0) is 14.2 Å². The van der Waals surface area contributed by atoms with Crippen molar-refractivity contribution in [1.82, 2.24) is 19.5 Å². The molecule has 5 heterocycles. The quantitative estimate of drug-likeness (QED) is 0.455. The van der Waals surface area contributed by atoms with Gasteiger partial charge in [-0.1, -0.05) is 29.8 Å². The van der Waals surface area contributed by atoms with Crippen LogP contribution in [0.3, 0.4) is 0 Å². The lowest BCUT2D eigenvalue weighted by molar-refractivity contribution is -0.192. The van der Waals surface area contributed by atoms with Crippen molar-refractivity contribution in [2.45, 2.75) is 51.1 Å². The molecule has 0 spiro atoms. The summed E-state index contributed by atoms with van der Waals surface area (Å²) < 4.78 is 21.1. The second-order valence-corrected chi connectivity index (χ2v) is 9.66. The number of aromatic nitrogens is 4. The van der Waals surface area contributed by atoms with Crippen LogP contribution in [0.2, 0.25) is 5.02 Å². The van der Waals surface area contributed by atoms with E-state index in [4.69, 9.17) is 31.5 Å². The molecule has 0 saturated carbocycles. The molecule has 9 heteroatoms. The number of hydrogen-bond acceptors (Lipinski definition) is 7. The molecule has 8 nitrogen and oxygen atoms in total. The predicted molar refractivity (Wildman–Crippen MR) is 130 cm³/mol. The van der Waals surface area contributed by atoms with Gasteiger partial charge in [-0.2, -0.15) is 0 Å². The molecular formula is C25H24ClN5O3. The number of anilines is 1. The summed E-state index contributed by atoms with van der Waals surface area (Å²) in [6.45, 7) is 5.89. The highest BCUT2D eigenvalue weighted by Crippen LogP contribution is 2.46. The Kier molecular flexibility index (Phi) is 4.90. The third-order valence-electron chi connectivity index (χ3n) is 6.36. The van der Waals surface area contributed by atoms with Crippen molar-refractivity contribution < 1.29 is 14.2 Å². The van der Waals surface area contributed by atoms with Crippen LogP contribution in [0.4, 0.5) is 5.82 Å². The fraction of sp³-hybridized carbons (Fsp3) is 0.320. The Morgan fingerprint density at radius 3 is 2.79 bits per heavy atom. The number of nitrogens with two attached hydrogens (primary N) is 1. The number of hydrogen-bond donors (Lipinski definition) is 1. The Morgan fingerprint density at radius 2 is 1.94 bits per heavy atom. The Morgan fingerprint density at radius 1 is 1.12 bits per heavy atom. The van der Waals surface area contributed by atoms with Crippen molar-refractivity contribution in [1.29, 1.82) is 0 Å². The number of fused-ring (bicyclic) bond motifs is 3. The molecule has 174 valence electrons. The molecule has 0 radical (unpaired) electrons. The zero-order chi connectivity index (χ0) is 23.6. The molecule has 2 N–H and O–H groups in total. The maximum absolute atomic E-state index is 6.56. The summed E-state index contributed by atoms with van der Waals surface area (Å²) in [5, 5.41) is 2.39. The van der Waals surface area contributed by atoms with E-state index in [1.807, 2.05) is 61.9 Å². The third kappa shape index (κ3) is 3.54. The number of nitrogen functional groups attached to an aromatic ring is 1. The molecule has 2 aliphatic heterocycles. The van der Waals surface area contributed by atoms with Gasteiger partial charge in [0.2, 0.25) is 0 Å². The molecule has 0 amide bonds. The topological polar surface area (TPSA) is 97.3 Å². The molecule has 0 aliphatic carbocycles. The molecule has 4 aromatic rings. The SMILES string of the molecule is C/C(=C\c1ccc2cc(Cl)cnc2c1)[C@H]1O[C@@H](n2ccc3c(N)ncnc32)[C@@H]2OC(C)(C)O[C@@H]21. The Bertz CT molecular complexity index is 1450. The number of halogens is 1. The maximum atomic E-state index is 6.56. The number of nitrogens with zero attached hydrogens (tertiary/aromatic N) is 4. The summed E-state index contributed by atoms with van der Waals surface area (Å²) in [6.07, 6.45) is 5.81. The standard InChI is InChI=1S/C25H24ClN5O3/c1-13(8-14-4-5-15-10-16(26)11-28-18(15)9-14)19-20-21(34-25(2,3)33-20)24(32-19)31-7-6-17-22(27)29-12-30-23(17)31/h4-12,19-21,24H,1-3H3,(H2,27,29,30)/b13-8+/t19-,20-,21-,24-/m1/s1. The Balaban J connectivity index is 1.37. The number of pyridine rings is 1. The smallest absolute Gasteiger partial charge is 0.165 e. The molecule has 4 atom stereocenters. The average molecular weight is 478 g/mol. The summed E-state index contributed by atoms with van der Waals surface area (Å²) in [5.41, 5.74) is 9.67. The molecule has 1 aromatic carbocycles. The largest absolute Gasteiger partial charge is 0.383 e. The number of rotatable bonds is 3. The summed E-state index contributed by atoms with van der Waals surface area (Å²) in [4.78, 5) is 13.0. The van der Waals surface area contributed by atoms with E-state index in [9.17, 15) is 0 Å². The molecule has 6 rings (SSSR count).